The molecule has 1 saturated carbocycles. The molecule has 0 radical (unpaired) electrons. The van der Waals surface area contributed by atoms with Crippen molar-refractivity contribution < 1.29 is 0 Å². The number of hydrogen-bond acceptors (Lipinski definition) is 3. The van der Waals surface area contributed by atoms with E-state index in [-0.39, 0.29) is 5.92 Å². The molecule has 0 amide bonds. The topological polar surface area (TPSA) is 37.8 Å². The third-order valence-corrected chi connectivity index (χ3v) is 5.06. The van der Waals surface area contributed by atoms with Gasteiger partial charge in [0.25, 0.3) is 0 Å². The van der Waals surface area contributed by atoms with Gasteiger partial charge in [-0.1, -0.05) is 45.7 Å². The molecule has 20 heavy (non-hydrogen) atoms. The number of halogens is 1. The fourth-order valence-electron chi connectivity index (χ4n) is 3.11. The van der Waals surface area contributed by atoms with E-state index in [9.17, 15) is 0 Å². The van der Waals surface area contributed by atoms with Crippen LogP contribution in [0.3, 0.4) is 0 Å². The van der Waals surface area contributed by atoms with Crippen LogP contribution in [0.25, 0.3) is 0 Å². The summed E-state index contributed by atoms with van der Waals surface area (Å²) < 4.78 is 0. The molecule has 1 N–H and O–H groups in total. The Labute approximate surface area is 127 Å². The third-order valence-electron chi connectivity index (χ3n) is 4.69. The number of anilines is 1. The van der Waals surface area contributed by atoms with E-state index in [1.165, 1.54) is 19.3 Å². The van der Waals surface area contributed by atoms with E-state index < -0.39 is 0 Å². The number of aromatic nitrogens is 2. The van der Waals surface area contributed by atoms with Crippen molar-refractivity contribution in [3.05, 3.63) is 16.5 Å². The minimum atomic E-state index is 0.290. The summed E-state index contributed by atoms with van der Waals surface area (Å²) in [5.74, 6) is 3.55. The summed E-state index contributed by atoms with van der Waals surface area (Å²) in [6.07, 6.45) is 3.79. The first kappa shape index (κ1) is 15.6. The van der Waals surface area contributed by atoms with Crippen molar-refractivity contribution in [2.24, 2.45) is 11.8 Å². The molecule has 2 rings (SSSR count). The van der Waals surface area contributed by atoms with Crippen LogP contribution >= 0.6 is 11.6 Å². The minimum Gasteiger partial charge on any atom is -0.367 e. The van der Waals surface area contributed by atoms with Crippen molar-refractivity contribution in [1.29, 1.82) is 0 Å². The lowest BCUT2D eigenvalue weighted by Gasteiger charge is -2.23. The van der Waals surface area contributed by atoms with Crippen LogP contribution in [0.1, 0.15) is 64.3 Å². The maximum absolute atomic E-state index is 6.25. The normalized spacial score (nSPS) is 26.2. The van der Waals surface area contributed by atoms with E-state index >= 15 is 0 Å². The second-order valence-corrected chi connectivity index (χ2v) is 6.71. The Hall–Kier alpha value is -0.830. The molecule has 0 bridgehead atoms. The zero-order valence-electron chi connectivity index (χ0n) is 13.2. The van der Waals surface area contributed by atoms with Crippen molar-refractivity contribution in [3.63, 3.8) is 0 Å². The molecule has 3 unspecified atom stereocenters. The molecular formula is C16H26ClN3. The van der Waals surface area contributed by atoms with E-state index in [0.717, 1.165) is 23.1 Å². The van der Waals surface area contributed by atoms with Gasteiger partial charge in [-0.25, -0.2) is 9.97 Å². The van der Waals surface area contributed by atoms with E-state index in [4.69, 9.17) is 11.6 Å². The molecule has 112 valence electrons. The summed E-state index contributed by atoms with van der Waals surface area (Å²) in [5, 5.41) is 4.20. The van der Waals surface area contributed by atoms with Crippen LogP contribution in [0.15, 0.2) is 0 Å². The average molecular weight is 296 g/mol. The van der Waals surface area contributed by atoms with Crippen LogP contribution in [0.5, 0.6) is 0 Å². The maximum atomic E-state index is 6.25. The van der Waals surface area contributed by atoms with Gasteiger partial charge in [0, 0.05) is 17.5 Å². The van der Waals surface area contributed by atoms with E-state index in [1.807, 2.05) is 6.92 Å². The number of nitrogens with zero attached hydrogens (tertiary/aromatic N) is 2. The molecule has 3 atom stereocenters. The van der Waals surface area contributed by atoms with Gasteiger partial charge in [0.2, 0.25) is 0 Å². The predicted molar refractivity (Wildman–Crippen MR) is 85.5 cm³/mol. The van der Waals surface area contributed by atoms with Gasteiger partial charge in [-0.05, 0) is 31.6 Å². The summed E-state index contributed by atoms with van der Waals surface area (Å²) in [6.45, 7) is 10.8. The Kier molecular flexibility index (Phi) is 4.90. The Bertz CT molecular complexity index is 473. The van der Waals surface area contributed by atoms with Gasteiger partial charge in [0.05, 0.1) is 0 Å². The zero-order chi connectivity index (χ0) is 14.9. The first-order valence-corrected chi connectivity index (χ1v) is 8.12. The molecule has 0 spiro atoms. The van der Waals surface area contributed by atoms with Gasteiger partial charge in [-0.15, -0.1) is 0 Å². The lowest BCUT2D eigenvalue weighted by Crippen LogP contribution is -2.26. The van der Waals surface area contributed by atoms with Crippen molar-refractivity contribution in [2.75, 3.05) is 5.32 Å². The SMILES string of the molecule is CCC1CCC(Nc2nc(C(C)C)nc(Cl)c2C)C1C. The molecule has 1 aromatic rings. The molecular weight excluding hydrogens is 270 g/mol. The fourth-order valence-corrected chi connectivity index (χ4v) is 3.28. The molecule has 3 nitrogen and oxygen atoms in total. The first-order valence-electron chi connectivity index (χ1n) is 7.74. The highest BCUT2D eigenvalue weighted by molar-refractivity contribution is 6.30. The van der Waals surface area contributed by atoms with E-state index in [1.54, 1.807) is 0 Å². The largest absolute Gasteiger partial charge is 0.367 e. The quantitative estimate of drug-likeness (QED) is 0.811. The molecule has 0 saturated heterocycles. The van der Waals surface area contributed by atoms with Gasteiger partial charge in [0.15, 0.2) is 0 Å². The van der Waals surface area contributed by atoms with Gasteiger partial charge in [-0.3, -0.25) is 0 Å². The molecule has 0 aromatic carbocycles. The highest BCUT2D eigenvalue weighted by atomic mass is 35.5. The summed E-state index contributed by atoms with van der Waals surface area (Å²) in [6, 6.07) is 0.504. The van der Waals surface area contributed by atoms with Crippen molar-refractivity contribution in [3.8, 4) is 0 Å². The van der Waals surface area contributed by atoms with Crippen molar-refractivity contribution in [2.45, 2.75) is 65.8 Å². The molecule has 1 aromatic heterocycles. The monoisotopic (exact) mass is 295 g/mol. The maximum Gasteiger partial charge on any atom is 0.137 e. The number of nitrogens with one attached hydrogen (secondary N) is 1. The summed E-state index contributed by atoms with van der Waals surface area (Å²) in [5.41, 5.74) is 0.961. The summed E-state index contributed by atoms with van der Waals surface area (Å²) in [7, 11) is 0. The third kappa shape index (κ3) is 3.08. The van der Waals surface area contributed by atoms with E-state index in [2.05, 4.69) is 43.0 Å². The van der Waals surface area contributed by atoms with Gasteiger partial charge < -0.3 is 5.32 Å². The van der Waals surface area contributed by atoms with Crippen LogP contribution in [0.2, 0.25) is 5.15 Å². The standard InChI is InChI=1S/C16H26ClN3/c1-6-12-7-8-13(10(12)4)18-16-11(5)14(17)19-15(20-16)9(2)3/h9-10,12-13H,6-8H2,1-5H3,(H,18,19,20). The van der Waals surface area contributed by atoms with Gasteiger partial charge in [0.1, 0.15) is 16.8 Å². The van der Waals surface area contributed by atoms with Crippen LogP contribution < -0.4 is 5.32 Å². The zero-order valence-corrected chi connectivity index (χ0v) is 14.0. The number of hydrogen-bond donors (Lipinski definition) is 1. The molecule has 1 aliphatic rings. The van der Waals surface area contributed by atoms with Gasteiger partial charge in [-0.2, -0.15) is 0 Å². The number of rotatable bonds is 4. The smallest absolute Gasteiger partial charge is 0.137 e. The second kappa shape index (κ2) is 6.30. The van der Waals surface area contributed by atoms with Crippen LogP contribution in [-0.4, -0.2) is 16.0 Å². The Morgan fingerprint density at radius 3 is 2.55 bits per heavy atom. The first-order chi connectivity index (χ1) is 9.43. The minimum absolute atomic E-state index is 0.290. The Balaban J connectivity index is 2.21. The van der Waals surface area contributed by atoms with Crippen LogP contribution in [0, 0.1) is 18.8 Å². The molecule has 1 heterocycles. The molecule has 4 heteroatoms. The highest BCUT2D eigenvalue weighted by Crippen LogP contribution is 2.36. The summed E-state index contributed by atoms with van der Waals surface area (Å²) >= 11 is 6.25. The van der Waals surface area contributed by atoms with E-state index in [0.29, 0.717) is 17.1 Å². The van der Waals surface area contributed by atoms with Crippen molar-refractivity contribution >= 4 is 17.4 Å². The van der Waals surface area contributed by atoms with Crippen molar-refractivity contribution in [1.82, 2.24) is 9.97 Å². The second-order valence-electron chi connectivity index (χ2n) is 6.36. The molecule has 1 aliphatic carbocycles. The van der Waals surface area contributed by atoms with Crippen LogP contribution in [-0.2, 0) is 0 Å². The van der Waals surface area contributed by atoms with Gasteiger partial charge >= 0.3 is 0 Å². The van der Waals surface area contributed by atoms with Crippen LogP contribution in [0.4, 0.5) is 5.82 Å². The predicted octanol–water partition coefficient (Wildman–Crippen LogP) is 4.80. The highest BCUT2D eigenvalue weighted by Gasteiger charge is 2.32. The lowest BCUT2D eigenvalue weighted by molar-refractivity contribution is 0.391. The molecule has 0 aliphatic heterocycles. The Morgan fingerprint density at radius 1 is 1.30 bits per heavy atom. The summed E-state index contributed by atoms with van der Waals surface area (Å²) in [4.78, 5) is 9.05. The Morgan fingerprint density at radius 2 is 2.00 bits per heavy atom. The fraction of sp³-hybridized carbons (Fsp3) is 0.750. The lowest BCUT2D eigenvalue weighted by atomic mass is 9.93. The molecule has 1 fully saturated rings. The average Bonchev–Trinajstić information content (AvgIpc) is 2.75.